The number of anilines is 1. The Bertz CT molecular complexity index is 835. The molecule has 2 aromatic rings. The first kappa shape index (κ1) is 21.6. The highest BCUT2D eigenvalue weighted by Crippen LogP contribution is 2.43. The summed E-state index contributed by atoms with van der Waals surface area (Å²) in [5.41, 5.74) is 1.85. The zero-order valence-electron chi connectivity index (χ0n) is 17.2. The van der Waals surface area contributed by atoms with E-state index in [2.05, 4.69) is 10.3 Å². The minimum absolute atomic E-state index is 0.0171. The van der Waals surface area contributed by atoms with Crippen molar-refractivity contribution in [2.24, 2.45) is 0 Å². The van der Waals surface area contributed by atoms with Crippen molar-refractivity contribution < 1.29 is 14.3 Å². The van der Waals surface area contributed by atoms with Crippen LogP contribution in [-0.4, -0.2) is 30.7 Å². The molecule has 1 aromatic heterocycles. The van der Waals surface area contributed by atoms with Gasteiger partial charge in [-0.1, -0.05) is 49.1 Å². The van der Waals surface area contributed by atoms with Crippen molar-refractivity contribution in [2.45, 2.75) is 51.4 Å². The van der Waals surface area contributed by atoms with E-state index in [1.54, 1.807) is 6.20 Å². The van der Waals surface area contributed by atoms with Crippen LogP contribution in [0.5, 0.6) is 5.88 Å². The van der Waals surface area contributed by atoms with Crippen molar-refractivity contribution in [3.05, 3.63) is 52.7 Å². The van der Waals surface area contributed by atoms with E-state index in [4.69, 9.17) is 21.1 Å². The molecular weight excluding hydrogens is 388 g/mol. The van der Waals surface area contributed by atoms with Gasteiger partial charge in [0.1, 0.15) is 6.61 Å². The Morgan fingerprint density at radius 1 is 1.21 bits per heavy atom. The summed E-state index contributed by atoms with van der Waals surface area (Å²) in [5.74, 6) is 0.540. The number of hydrogen-bond donors (Lipinski definition) is 1. The Balaban J connectivity index is 1.76. The molecule has 0 spiro atoms. The Kier molecular flexibility index (Phi) is 7.51. The zero-order chi connectivity index (χ0) is 20.7. The first-order valence-electron chi connectivity index (χ1n) is 10.3. The maximum Gasteiger partial charge on any atom is 0.235 e. The monoisotopic (exact) mass is 416 g/mol. The molecule has 5 nitrogen and oxygen atoms in total. The molecule has 29 heavy (non-hydrogen) atoms. The molecule has 0 atom stereocenters. The number of rotatable bonds is 8. The van der Waals surface area contributed by atoms with Gasteiger partial charge >= 0.3 is 0 Å². The van der Waals surface area contributed by atoms with E-state index in [1.807, 2.05) is 44.2 Å². The number of benzene rings is 1. The third-order valence-electron chi connectivity index (χ3n) is 5.49. The Morgan fingerprint density at radius 3 is 2.66 bits per heavy atom. The first-order valence-corrected chi connectivity index (χ1v) is 10.7. The van der Waals surface area contributed by atoms with Crippen molar-refractivity contribution in [1.29, 1.82) is 0 Å². The van der Waals surface area contributed by atoms with E-state index in [1.165, 1.54) is 0 Å². The molecular formula is C23H29ClN2O3. The molecule has 1 heterocycles. The minimum atomic E-state index is -0.600. The second-order valence-electron chi connectivity index (χ2n) is 7.47. The standard InChI is InChI=1S/C23H29ClN2O3/c1-3-28-13-14-29-21-17(2)15-18(16-25-21)26-22(27)23(11-7-4-8-12-23)19-9-5-6-10-20(19)24/h5-6,9-10,15-16H,3-4,7-8,11-14H2,1-2H3,(H,26,27). The second kappa shape index (κ2) is 10.1. The fraction of sp³-hybridized carbons (Fsp3) is 0.478. The van der Waals surface area contributed by atoms with Crippen molar-refractivity contribution in [1.82, 2.24) is 4.98 Å². The van der Waals surface area contributed by atoms with E-state index in [0.29, 0.717) is 36.4 Å². The predicted octanol–water partition coefficient (Wildman–Crippen LogP) is 5.30. The summed E-state index contributed by atoms with van der Waals surface area (Å²) in [6, 6.07) is 9.58. The van der Waals surface area contributed by atoms with E-state index in [0.717, 1.165) is 43.2 Å². The lowest BCUT2D eigenvalue weighted by Gasteiger charge is -2.37. The number of hydrogen-bond acceptors (Lipinski definition) is 4. The molecule has 1 N–H and O–H groups in total. The summed E-state index contributed by atoms with van der Waals surface area (Å²) >= 11 is 6.49. The number of aryl methyl sites for hydroxylation is 1. The van der Waals surface area contributed by atoms with Crippen LogP contribution in [0.2, 0.25) is 5.02 Å². The van der Waals surface area contributed by atoms with Gasteiger partial charge in [-0.25, -0.2) is 4.98 Å². The van der Waals surface area contributed by atoms with E-state index in [9.17, 15) is 4.79 Å². The van der Waals surface area contributed by atoms with E-state index < -0.39 is 5.41 Å². The van der Waals surface area contributed by atoms with Crippen molar-refractivity contribution >= 4 is 23.2 Å². The molecule has 1 aromatic carbocycles. The lowest BCUT2D eigenvalue weighted by molar-refractivity contribution is -0.122. The molecule has 1 aliphatic rings. The van der Waals surface area contributed by atoms with Crippen molar-refractivity contribution in [3.8, 4) is 5.88 Å². The summed E-state index contributed by atoms with van der Waals surface area (Å²) in [6.45, 7) is 5.50. The summed E-state index contributed by atoms with van der Waals surface area (Å²) in [5, 5.41) is 3.73. The molecule has 0 unspecified atom stereocenters. The second-order valence-corrected chi connectivity index (χ2v) is 7.88. The normalized spacial score (nSPS) is 15.7. The van der Waals surface area contributed by atoms with Crippen LogP contribution in [0.15, 0.2) is 36.5 Å². The van der Waals surface area contributed by atoms with Gasteiger partial charge in [0, 0.05) is 17.2 Å². The molecule has 156 valence electrons. The highest BCUT2D eigenvalue weighted by Gasteiger charge is 2.42. The molecule has 1 saturated carbocycles. The van der Waals surface area contributed by atoms with Crippen LogP contribution < -0.4 is 10.1 Å². The first-order chi connectivity index (χ1) is 14.1. The number of carbonyl (C=O) groups is 1. The average molecular weight is 417 g/mol. The molecule has 3 rings (SSSR count). The van der Waals surface area contributed by atoms with Gasteiger partial charge in [0.15, 0.2) is 0 Å². The van der Waals surface area contributed by atoms with Gasteiger partial charge in [0.05, 0.1) is 23.9 Å². The number of aromatic nitrogens is 1. The number of nitrogens with zero attached hydrogens (tertiary/aromatic N) is 1. The molecule has 6 heteroatoms. The van der Waals surface area contributed by atoms with Crippen LogP contribution in [0.1, 0.15) is 50.2 Å². The Labute approximate surface area is 177 Å². The quantitative estimate of drug-likeness (QED) is 0.593. The maximum atomic E-state index is 13.4. The summed E-state index contributed by atoms with van der Waals surface area (Å²) < 4.78 is 10.9. The van der Waals surface area contributed by atoms with Crippen LogP contribution in [0.3, 0.4) is 0 Å². The highest BCUT2D eigenvalue weighted by atomic mass is 35.5. The number of pyridine rings is 1. The van der Waals surface area contributed by atoms with Gasteiger partial charge < -0.3 is 14.8 Å². The molecule has 0 saturated heterocycles. The van der Waals surface area contributed by atoms with Crippen molar-refractivity contribution in [2.75, 3.05) is 25.1 Å². The smallest absolute Gasteiger partial charge is 0.235 e. The van der Waals surface area contributed by atoms with Gasteiger partial charge in [-0.05, 0) is 44.4 Å². The van der Waals surface area contributed by atoms with Crippen LogP contribution in [-0.2, 0) is 14.9 Å². The topological polar surface area (TPSA) is 60.5 Å². The molecule has 0 aliphatic heterocycles. The number of halogens is 1. The SMILES string of the molecule is CCOCCOc1ncc(NC(=O)C2(c3ccccc3Cl)CCCCC2)cc1C. The maximum absolute atomic E-state index is 13.4. The number of nitrogens with one attached hydrogen (secondary N) is 1. The number of amides is 1. The highest BCUT2D eigenvalue weighted by molar-refractivity contribution is 6.31. The van der Waals surface area contributed by atoms with Gasteiger partial charge in [-0.15, -0.1) is 0 Å². The number of ether oxygens (including phenoxy) is 2. The molecule has 1 aliphatic carbocycles. The van der Waals surface area contributed by atoms with Gasteiger partial charge in [0.2, 0.25) is 11.8 Å². The Hall–Kier alpha value is -2.11. The molecule has 0 bridgehead atoms. The summed E-state index contributed by atoms with van der Waals surface area (Å²) in [6.07, 6.45) is 6.42. The summed E-state index contributed by atoms with van der Waals surface area (Å²) in [7, 11) is 0. The van der Waals surface area contributed by atoms with Crippen LogP contribution in [0.4, 0.5) is 5.69 Å². The Morgan fingerprint density at radius 2 is 1.97 bits per heavy atom. The minimum Gasteiger partial charge on any atom is -0.475 e. The van der Waals surface area contributed by atoms with Crippen molar-refractivity contribution in [3.63, 3.8) is 0 Å². The molecule has 1 amide bonds. The van der Waals surface area contributed by atoms with Crippen LogP contribution in [0, 0.1) is 6.92 Å². The largest absolute Gasteiger partial charge is 0.475 e. The fourth-order valence-corrected chi connectivity index (χ4v) is 4.31. The molecule has 1 fully saturated rings. The van der Waals surface area contributed by atoms with Gasteiger partial charge in [-0.3, -0.25) is 4.79 Å². The predicted molar refractivity (Wildman–Crippen MR) is 116 cm³/mol. The van der Waals surface area contributed by atoms with Crippen LogP contribution >= 0.6 is 11.6 Å². The lowest BCUT2D eigenvalue weighted by atomic mass is 9.68. The van der Waals surface area contributed by atoms with Gasteiger partial charge in [-0.2, -0.15) is 0 Å². The van der Waals surface area contributed by atoms with E-state index in [-0.39, 0.29) is 5.91 Å². The zero-order valence-corrected chi connectivity index (χ0v) is 17.9. The summed E-state index contributed by atoms with van der Waals surface area (Å²) in [4.78, 5) is 17.8. The van der Waals surface area contributed by atoms with Crippen LogP contribution in [0.25, 0.3) is 0 Å². The third-order valence-corrected chi connectivity index (χ3v) is 5.82. The average Bonchev–Trinajstić information content (AvgIpc) is 2.73. The van der Waals surface area contributed by atoms with Gasteiger partial charge in [0.25, 0.3) is 0 Å². The molecule has 0 radical (unpaired) electrons. The lowest BCUT2D eigenvalue weighted by Crippen LogP contribution is -2.42. The van der Waals surface area contributed by atoms with E-state index >= 15 is 0 Å². The number of carbonyl (C=O) groups excluding carboxylic acids is 1. The third kappa shape index (κ3) is 5.09. The fourth-order valence-electron chi connectivity index (χ4n) is 4.00.